The standard InChI is InChI=1S/C19H13F5N4O2S/c1-28-9-10-3-2-4-12(18(10)26-28)16-5-11(8-25-16)31(29,30)27-17-7-14(20)13(6-15(17)21)19(22,23)24/h2-9,25,27H,1H3. The Morgan fingerprint density at radius 1 is 1.10 bits per heavy atom. The summed E-state index contributed by atoms with van der Waals surface area (Å²) in [4.78, 5) is 2.46. The summed E-state index contributed by atoms with van der Waals surface area (Å²) in [5.41, 5.74) is -1.17. The molecule has 0 radical (unpaired) electrons. The molecule has 0 atom stereocenters. The number of rotatable bonds is 4. The van der Waals surface area contributed by atoms with Gasteiger partial charge in [-0.05, 0) is 12.1 Å². The molecule has 2 N–H and O–H groups in total. The predicted molar refractivity (Wildman–Crippen MR) is 103 cm³/mol. The molecule has 0 amide bonds. The molecule has 2 aromatic carbocycles. The van der Waals surface area contributed by atoms with Crippen LogP contribution in [0.25, 0.3) is 22.2 Å². The largest absolute Gasteiger partial charge is 0.419 e. The van der Waals surface area contributed by atoms with E-state index in [2.05, 4.69) is 10.1 Å². The number of benzene rings is 2. The molecule has 0 saturated heterocycles. The second-order valence-electron chi connectivity index (χ2n) is 6.71. The van der Waals surface area contributed by atoms with Gasteiger partial charge < -0.3 is 4.98 Å². The van der Waals surface area contributed by atoms with Crippen LogP contribution < -0.4 is 4.72 Å². The molecule has 0 aliphatic rings. The number of alkyl halides is 3. The van der Waals surface area contributed by atoms with Gasteiger partial charge in [0.25, 0.3) is 10.0 Å². The molecule has 6 nitrogen and oxygen atoms in total. The first-order chi connectivity index (χ1) is 14.5. The molecular formula is C19H13F5N4O2S. The highest BCUT2D eigenvalue weighted by molar-refractivity contribution is 7.92. The van der Waals surface area contributed by atoms with Gasteiger partial charge in [0.15, 0.2) is 0 Å². The number of fused-ring (bicyclic) bond motifs is 1. The third-order valence-corrected chi connectivity index (χ3v) is 5.86. The zero-order valence-corrected chi connectivity index (χ0v) is 16.4. The fraction of sp³-hybridized carbons (Fsp3) is 0.105. The van der Waals surface area contributed by atoms with Crippen molar-refractivity contribution in [3.8, 4) is 11.3 Å². The van der Waals surface area contributed by atoms with E-state index in [9.17, 15) is 30.4 Å². The Hall–Kier alpha value is -3.41. The van der Waals surface area contributed by atoms with Gasteiger partial charge in [-0.15, -0.1) is 0 Å². The molecule has 0 aliphatic heterocycles. The number of aromatic nitrogens is 3. The van der Waals surface area contributed by atoms with Gasteiger partial charge >= 0.3 is 6.18 Å². The van der Waals surface area contributed by atoms with Crippen LogP contribution in [-0.2, 0) is 23.2 Å². The molecule has 0 unspecified atom stereocenters. The molecule has 0 spiro atoms. The maximum atomic E-state index is 14.0. The summed E-state index contributed by atoms with van der Waals surface area (Å²) in [5, 5.41) is 5.15. The highest BCUT2D eigenvalue weighted by Gasteiger charge is 2.35. The number of nitrogens with zero attached hydrogens (tertiary/aromatic N) is 2. The van der Waals surface area contributed by atoms with Gasteiger partial charge in [-0.2, -0.15) is 18.3 Å². The summed E-state index contributed by atoms with van der Waals surface area (Å²) in [5.74, 6) is -3.37. The number of anilines is 1. The lowest BCUT2D eigenvalue weighted by Gasteiger charge is -2.12. The summed E-state index contributed by atoms with van der Waals surface area (Å²) >= 11 is 0. The Bertz CT molecular complexity index is 1410. The van der Waals surface area contributed by atoms with E-state index in [1.165, 1.54) is 6.07 Å². The van der Waals surface area contributed by atoms with Crippen LogP contribution in [0.1, 0.15) is 5.56 Å². The van der Waals surface area contributed by atoms with Gasteiger partial charge in [0.2, 0.25) is 0 Å². The average Bonchev–Trinajstić information content (AvgIpc) is 3.29. The fourth-order valence-corrected chi connectivity index (χ4v) is 4.16. The minimum atomic E-state index is -5.12. The summed E-state index contributed by atoms with van der Waals surface area (Å²) in [6, 6.07) is 6.61. The quantitative estimate of drug-likeness (QED) is 0.438. The van der Waals surface area contributed by atoms with Crippen LogP contribution in [0.4, 0.5) is 27.6 Å². The monoisotopic (exact) mass is 456 g/mol. The summed E-state index contributed by atoms with van der Waals surface area (Å²) in [7, 11) is -2.70. The lowest BCUT2D eigenvalue weighted by molar-refractivity contribution is -0.140. The van der Waals surface area contributed by atoms with Gasteiger partial charge in [-0.1, -0.05) is 18.2 Å². The number of aromatic amines is 1. The zero-order valence-electron chi connectivity index (χ0n) is 15.6. The van der Waals surface area contributed by atoms with Gasteiger partial charge in [0.05, 0.1) is 11.3 Å². The van der Waals surface area contributed by atoms with Crippen molar-refractivity contribution in [3.05, 3.63) is 66.0 Å². The summed E-state index contributed by atoms with van der Waals surface area (Å²) < 4.78 is 94.4. The van der Waals surface area contributed by atoms with Crippen LogP contribution in [0.3, 0.4) is 0 Å². The number of nitrogens with one attached hydrogen (secondary N) is 2. The molecular weight excluding hydrogens is 443 g/mol. The van der Waals surface area contributed by atoms with E-state index < -0.39 is 39.1 Å². The fourth-order valence-electron chi connectivity index (χ4n) is 3.11. The Morgan fingerprint density at radius 2 is 1.84 bits per heavy atom. The number of sulfonamides is 1. The van der Waals surface area contributed by atoms with E-state index in [4.69, 9.17) is 0 Å². The van der Waals surface area contributed by atoms with Crippen molar-refractivity contribution in [1.29, 1.82) is 0 Å². The third-order valence-electron chi connectivity index (χ3n) is 4.51. The van der Waals surface area contributed by atoms with Crippen molar-refractivity contribution in [1.82, 2.24) is 14.8 Å². The van der Waals surface area contributed by atoms with E-state index in [-0.39, 0.29) is 17.0 Å². The van der Waals surface area contributed by atoms with Crippen molar-refractivity contribution in [2.75, 3.05) is 4.72 Å². The Morgan fingerprint density at radius 3 is 2.55 bits per heavy atom. The molecule has 2 aromatic heterocycles. The van der Waals surface area contributed by atoms with Crippen molar-refractivity contribution >= 4 is 26.6 Å². The van der Waals surface area contributed by atoms with Gasteiger partial charge in [0, 0.05) is 42.2 Å². The second-order valence-corrected chi connectivity index (χ2v) is 8.39. The van der Waals surface area contributed by atoms with E-state index in [1.807, 2.05) is 6.07 Å². The maximum Gasteiger partial charge on any atom is 0.419 e. The lowest BCUT2D eigenvalue weighted by atomic mass is 10.1. The topological polar surface area (TPSA) is 79.8 Å². The van der Waals surface area contributed by atoms with Crippen molar-refractivity contribution in [2.45, 2.75) is 11.1 Å². The van der Waals surface area contributed by atoms with Crippen LogP contribution in [0.2, 0.25) is 0 Å². The number of hydrogen-bond donors (Lipinski definition) is 2. The van der Waals surface area contributed by atoms with Crippen molar-refractivity contribution in [2.24, 2.45) is 7.05 Å². The highest BCUT2D eigenvalue weighted by atomic mass is 32.2. The number of halogens is 5. The first-order valence-electron chi connectivity index (χ1n) is 8.66. The summed E-state index contributed by atoms with van der Waals surface area (Å²) in [6.45, 7) is 0. The van der Waals surface area contributed by atoms with Crippen molar-refractivity contribution in [3.63, 3.8) is 0 Å². The van der Waals surface area contributed by atoms with E-state index in [1.54, 1.807) is 34.8 Å². The molecule has 4 rings (SSSR count). The van der Waals surface area contributed by atoms with Crippen LogP contribution >= 0.6 is 0 Å². The maximum absolute atomic E-state index is 14.0. The third kappa shape index (κ3) is 3.85. The lowest BCUT2D eigenvalue weighted by Crippen LogP contribution is -2.15. The predicted octanol–water partition coefficient (Wildman–Crippen LogP) is 4.67. The van der Waals surface area contributed by atoms with E-state index in [0.29, 0.717) is 16.8 Å². The van der Waals surface area contributed by atoms with E-state index >= 15 is 0 Å². The Labute approximate surface area is 172 Å². The molecule has 31 heavy (non-hydrogen) atoms. The smallest absolute Gasteiger partial charge is 0.360 e. The normalized spacial score (nSPS) is 12.5. The van der Waals surface area contributed by atoms with Crippen LogP contribution in [-0.4, -0.2) is 23.2 Å². The second kappa shape index (κ2) is 7.08. The summed E-state index contributed by atoms with van der Waals surface area (Å²) in [6.07, 6.45) is -2.22. The van der Waals surface area contributed by atoms with Gasteiger partial charge in [0.1, 0.15) is 22.0 Å². The molecule has 12 heteroatoms. The Balaban J connectivity index is 1.68. The molecule has 0 fully saturated rings. The molecule has 0 aliphatic carbocycles. The first-order valence-corrected chi connectivity index (χ1v) is 10.1. The highest BCUT2D eigenvalue weighted by Crippen LogP contribution is 2.35. The van der Waals surface area contributed by atoms with Crippen molar-refractivity contribution < 1.29 is 30.4 Å². The molecule has 162 valence electrons. The van der Waals surface area contributed by atoms with Crippen LogP contribution in [0.5, 0.6) is 0 Å². The minimum absolute atomic E-state index is 0.0997. The number of aryl methyl sites for hydroxylation is 1. The SMILES string of the molecule is Cn1cc2cccc(-c3cc(S(=O)(=O)Nc4cc(F)c(C(F)(F)F)cc4F)c[nH]3)c2n1. The van der Waals surface area contributed by atoms with Gasteiger partial charge in [-0.25, -0.2) is 17.2 Å². The molecule has 4 aromatic rings. The Kier molecular flexibility index (Phi) is 4.76. The zero-order chi connectivity index (χ0) is 22.6. The molecule has 0 bridgehead atoms. The van der Waals surface area contributed by atoms with Gasteiger partial charge in [-0.3, -0.25) is 9.40 Å². The average molecular weight is 456 g/mol. The number of H-pyrrole nitrogens is 1. The molecule has 2 heterocycles. The van der Waals surface area contributed by atoms with E-state index in [0.717, 1.165) is 11.6 Å². The van der Waals surface area contributed by atoms with Crippen LogP contribution in [0, 0.1) is 11.6 Å². The first kappa shape index (κ1) is 20.8. The van der Waals surface area contributed by atoms with Crippen LogP contribution in [0.15, 0.2) is 53.7 Å². The number of hydrogen-bond acceptors (Lipinski definition) is 3. The minimum Gasteiger partial charge on any atom is -0.360 e. The molecule has 0 saturated carbocycles.